The van der Waals surface area contributed by atoms with Gasteiger partial charge in [-0.05, 0) is 68.3 Å². The summed E-state index contributed by atoms with van der Waals surface area (Å²) in [7, 11) is -2.79. The fourth-order valence-corrected chi connectivity index (χ4v) is 5.94. The third-order valence-electron chi connectivity index (χ3n) is 6.54. The number of sulfonamides is 1. The van der Waals surface area contributed by atoms with Crippen molar-refractivity contribution in [2.75, 3.05) is 18.0 Å². The second kappa shape index (κ2) is 14.3. The molecule has 0 saturated heterocycles. The van der Waals surface area contributed by atoms with Gasteiger partial charge in [0.25, 0.3) is 10.0 Å². The summed E-state index contributed by atoms with van der Waals surface area (Å²) >= 11 is 18.6. The number of hydrogen-bond donors (Lipinski definition) is 1. The lowest BCUT2D eigenvalue weighted by Gasteiger charge is -2.32. The average molecular weight is 641 g/mol. The van der Waals surface area contributed by atoms with E-state index in [2.05, 4.69) is 5.32 Å². The molecule has 41 heavy (non-hydrogen) atoms. The summed E-state index contributed by atoms with van der Waals surface area (Å²) in [4.78, 5) is 28.4. The van der Waals surface area contributed by atoms with E-state index in [-0.39, 0.29) is 39.1 Å². The van der Waals surface area contributed by atoms with Crippen LogP contribution < -0.4 is 14.4 Å². The number of carbonyl (C=O) groups is 2. The summed E-state index contributed by atoms with van der Waals surface area (Å²) in [5, 5.41) is 3.68. The topological polar surface area (TPSA) is 96.0 Å². The second-order valence-electron chi connectivity index (χ2n) is 9.41. The Hall–Kier alpha value is -2.98. The van der Waals surface area contributed by atoms with Crippen molar-refractivity contribution >= 4 is 62.3 Å². The number of halogens is 3. The highest BCUT2D eigenvalue weighted by Crippen LogP contribution is 2.32. The zero-order valence-corrected chi connectivity index (χ0v) is 26.2. The number of anilines is 1. The van der Waals surface area contributed by atoms with Crippen LogP contribution in [0.2, 0.25) is 15.1 Å². The fraction of sp³-hybridized carbons (Fsp3) is 0.310. The van der Waals surface area contributed by atoms with Crippen LogP contribution in [0, 0.1) is 0 Å². The molecule has 3 aromatic rings. The van der Waals surface area contributed by atoms with Crippen molar-refractivity contribution in [2.45, 2.75) is 50.7 Å². The lowest BCUT2D eigenvalue weighted by atomic mass is 10.1. The van der Waals surface area contributed by atoms with Gasteiger partial charge >= 0.3 is 0 Å². The van der Waals surface area contributed by atoms with E-state index in [0.717, 1.165) is 4.31 Å². The normalized spacial score (nSPS) is 12.8. The van der Waals surface area contributed by atoms with Crippen LogP contribution in [0.1, 0.15) is 32.8 Å². The Labute approximate surface area is 256 Å². The van der Waals surface area contributed by atoms with E-state index in [4.69, 9.17) is 39.5 Å². The van der Waals surface area contributed by atoms with Gasteiger partial charge in [0.15, 0.2) is 0 Å². The van der Waals surface area contributed by atoms with Crippen LogP contribution in [0.5, 0.6) is 5.75 Å². The van der Waals surface area contributed by atoms with Gasteiger partial charge in [-0.2, -0.15) is 0 Å². The van der Waals surface area contributed by atoms with Gasteiger partial charge in [0.2, 0.25) is 11.8 Å². The van der Waals surface area contributed by atoms with E-state index in [1.165, 1.54) is 42.3 Å². The first-order valence-corrected chi connectivity index (χ1v) is 15.4. The number of nitrogens with one attached hydrogen (secondary N) is 1. The molecule has 0 spiro atoms. The fourth-order valence-electron chi connectivity index (χ4n) is 3.94. The minimum absolute atomic E-state index is 0.0154. The van der Waals surface area contributed by atoms with Crippen LogP contribution in [-0.2, 0) is 26.2 Å². The van der Waals surface area contributed by atoms with Crippen molar-refractivity contribution in [1.82, 2.24) is 10.2 Å². The van der Waals surface area contributed by atoms with Gasteiger partial charge in [0.05, 0.1) is 32.8 Å². The molecule has 0 fully saturated rings. The molecule has 2 amide bonds. The minimum atomic E-state index is -4.23. The number of rotatable bonds is 12. The number of hydrogen-bond acceptors (Lipinski definition) is 5. The number of carbonyl (C=O) groups excluding carboxylic acids is 2. The SMILES string of the molecule is CC[C@@H](C)NC(=O)[C@H](C)N(Cc1ccc(Cl)c(Cl)c1)C(=O)CN(c1ccc(OC)c(Cl)c1)S(=O)(=O)c1ccccc1. The largest absolute Gasteiger partial charge is 0.495 e. The smallest absolute Gasteiger partial charge is 0.264 e. The maximum absolute atomic E-state index is 14.0. The Morgan fingerprint density at radius 1 is 0.927 bits per heavy atom. The average Bonchev–Trinajstić information content (AvgIpc) is 2.96. The quantitative estimate of drug-likeness (QED) is 0.255. The molecule has 0 aliphatic heterocycles. The Bertz CT molecular complexity index is 1490. The van der Waals surface area contributed by atoms with Gasteiger partial charge in [0.1, 0.15) is 18.3 Å². The van der Waals surface area contributed by atoms with Crippen molar-refractivity contribution in [3.63, 3.8) is 0 Å². The van der Waals surface area contributed by atoms with E-state index in [1.807, 2.05) is 13.8 Å². The van der Waals surface area contributed by atoms with Crippen LogP contribution in [0.3, 0.4) is 0 Å². The third-order valence-corrected chi connectivity index (χ3v) is 9.36. The maximum Gasteiger partial charge on any atom is 0.264 e. The molecule has 1 N–H and O–H groups in total. The number of methoxy groups -OCH3 is 1. The van der Waals surface area contributed by atoms with E-state index in [1.54, 1.807) is 43.3 Å². The van der Waals surface area contributed by atoms with Crippen molar-refractivity contribution in [3.8, 4) is 5.75 Å². The number of benzene rings is 3. The Kier molecular flexibility index (Phi) is 11.3. The summed E-state index contributed by atoms with van der Waals surface area (Å²) in [6, 6.07) is 16.0. The molecule has 0 unspecified atom stereocenters. The van der Waals surface area contributed by atoms with Crippen LogP contribution in [0.25, 0.3) is 0 Å². The molecule has 0 bridgehead atoms. The van der Waals surface area contributed by atoms with E-state index >= 15 is 0 Å². The molecule has 0 aliphatic carbocycles. The standard InChI is InChI=1S/C29H32Cl3N3O5S/c1-5-19(2)33-29(37)20(3)34(17-21-11-13-24(30)25(31)15-21)28(36)18-35(22-12-14-27(40-4)26(32)16-22)41(38,39)23-9-7-6-8-10-23/h6-16,19-20H,5,17-18H2,1-4H3,(H,33,37)/t19-,20+/m1/s1. The zero-order chi connectivity index (χ0) is 30.3. The van der Waals surface area contributed by atoms with Crippen molar-refractivity contribution < 1.29 is 22.7 Å². The van der Waals surface area contributed by atoms with Gasteiger partial charge < -0.3 is 15.0 Å². The molecule has 220 valence electrons. The summed E-state index contributed by atoms with van der Waals surface area (Å²) in [6.45, 7) is 4.75. The van der Waals surface area contributed by atoms with Crippen LogP contribution in [-0.4, -0.2) is 50.9 Å². The van der Waals surface area contributed by atoms with Crippen LogP contribution in [0.4, 0.5) is 5.69 Å². The lowest BCUT2D eigenvalue weighted by Crippen LogP contribution is -2.52. The molecule has 0 aliphatic rings. The van der Waals surface area contributed by atoms with Gasteiger partial charge in [0, 0.05) is 12.6 Å². The van der Waals surface area contributed by atoms with Crippen molar-refractivity contribution in [2.24, 2.45) is 0 Å². The molecule has 0 radical (unpaired) electrons. The van der Waals surface area contributed by atoms with Crippen molar-refractivity contribution in [3.05, 3.63) is 87.4 Å². The van der Waals surface area contributed by atoms with Crippen LogP contribution >= 0.6 is 34.8 Å². The van der Waals surface area contributed by atoms with E-state index in [9.17, 15) is 18.0 Å². The molecular weight excluding hydrogens is 609 g/mol. The molecule has 0 heterocycles. The predicted octanol–water partition coefficient (Wildman–Crippen LogP) is 6.18. The third kappa shape index (κ3) is 8.07. The molecule has 12 heteroatoms. The highest BCUT2D eigenvalue weighted by atomic mass is 35.5. The van der Waals surface area contributed by atoms with Gasteiger partial charge in [-0.1, -0.05) is 66.0 Å². The van der Waals surface area contributed by atoms with Crippen LogP contribution in [0.15, 0.2) is 71.6 Å². The molecule has 0 aromatic heterocycles. The number of nitrogens with zero attached hydrogens (tertiary/aromatic N) is 2. The molecule has 0 saturated carbocycles. The number of amides is 2. The highest BCUT2D eigenvalue weighted by molar-refractivity contribution is 7.92. The van der Waals surface area contributed by atoms with E-state index < -0.39 is 28.5 Å². The maximum atomic E-state index is 14.0. The van der Waals surface area contributed by atoms with Gasteiger partial charge in [-0.15, -0.1) is 0 Å². The Morgan fingerprint density at radius 2 is 1.61 bits per heavy atom. The summed E-state index contributed by atoms with van der Waals surface area (Å²) in [6.07, 6.45) is 0.695. The van der Waals surface area contributed by atoms with Crippen molar-refractivity contribution in [1.29, 1.82) is 0 Å². The summed E-state index contributed by atoms with van der Waals surface area (Å²) in [5.41, 5.74) is 0.764. The lowest BCUT2D eigenvalue weighted by molar-refractivity contribution is -0.139. The molecule has 2 atom stereocenters. The van der Waals surface area contributed by atoms with Gasteiger partial charge in [-0.25, -0.2) is 8.42 Å². The molecule has 8 nitrogen and oxygen atoms in total. The first kappa shape index (κ1) is 32.5. The molecule has 3 aromatic carbocycles. The molecular formula is C29H32Cl3N3O5S. The molecule has 3 rings (SSSR count). The predicted molar refractivity (Wildman–Crippen MR) is 163 cm³/mol. The first-order valence-electron chi connectivity index (χ1n) is 12.8. The first-order chi connectivity index (χ1) is 19.4. The summed E-state index contributed by atoms with van der Waals surface area (Å²) < 4.78 is 33.9. The highest BCUT2D eigenvalue weighted by Gasteiger charge is 2.33. The number of ether oxygens (including phenoxy) is 1. The summed E-state index contributed by atoms with van der Waals surface area (Å²) in [5.74, 6) is -0.651. The second-order valence-corrected chi connectivity index (χ2v) is 12.5. The minimum Gasteiger partial charge on any atom is -0.495 e. The Balaban J connectivity index is 2.06. The Morgan fingerprint density at radius 3 is 2.20 bits per heavy atom. The van der Waals surface area contributed by atoms with Gasteiger partial charge in [-0.3, -0.25) is 13.9 Å². The van der Waals surface area contributed by atoms with E-state index in [0.29, 0.717) is 22.8 Å². The monoisotopic (exact) mass is 639 g/mol. The zero-order valence-electron chi connectivity index (χ0n) is 23.1.